The number of aromatic nitrogens is 1. The standard InChI is InChI=1S/C18H17N3/c1-15-12-13-18(21(15)17-10-6-3-7-11-17)14-19-20-16-8-4-2-5-9-16/h2-14,20H,1H3/b19-14+. The average Bonchev–Trinajstić information content (AvgIpc) is 2.90. The van der Waals surface area contributed by atoms with Crippen LogP contribution in [-0.2, 0) is 0 Å². The van der Waals surface area contributed by atoms with Crippen molar-refractivity contribution in [2.45, 2.75) is 6.92 Å². The fraction of sp³-hybridized carbons (Fsp3) is 0.0556. The van der Waals surface area contributed by atoms with E-state index in [9.17, 15) is 0 Å². The van der Waals surface area contributed by atoms with Crippen LogP contribution in [0.1, 0.15) is 11.4 Å². The van der Waals surface area contributed by atoms with E-state index in [4.69, 9.17) is 0 Å². The predicted molar refractivity (Wildman–Crippen MR) is 88.2 cm³/mol. The molecule has 0 bridgehead atoms. The number of rotatable bonds is 4. The quantitative estimate of drug-likeness (QED) is 0.560. The van der Waals surface area contributed by atoms with Crippen LogP contribution < -0.4 is 5.43 Å². The predicted octanol–water partition coefficient (Wildman–Crippen LogP) is 4.23. The molecule has 0 saturated heterocycles. The Morgan fingerprint density at radius 2 is 1.52 bits per heavy atom. The maximum absolute atomic E-state index is 4.32. The van der Waals surface area contributed by atoms with Gasteiger partial charge in [0.05, 0.1) is 17.6 Å². The Kier molecular flexibility index (Phi) is 3.83. The lowest BCUT2D eigenvalue weighted by Gasteiger charge is -2.09. The third-order valence-electron chi connectivity index (χ3n) is 3.28. The molecule has 0 aliphatic rings. The van der Waals surface area contributed by atoms with Crippen LogP contribution in [-0.4, -0.2) is 10.8 Å². The van der Waals surface area contributed by atoms with Crippen molar-refractivity contribution in [1.82, 2.24) is 4.57 Å². The van der Waals surface area contributed by atoms with E-state index in [1.807, 2.05) is 54.7 Å². The summed E-state index contributed by atoms with van der Waals surface area (Å²) in [6.07, 6.45) is 1.84. The fourth-order valence-corrected chi connectivity index (χ4v) is 2.27. The normalized spacial score (nSPS) is 10.9. The number of nitrogens with one attached hydrogen (secondary N) is 1. The molecule has 3 aromatic rings. The molecule has 0 fully saturated rings. The van der Waals surface area contributed by atoms with Gasteiger partial charge in [0.1, 0.15) is 0 Å². The Morgan fingerprint density at radius 3 is 2.24 bits per heavy atom. The van der Waals surface area contributed by atoms with Gasteiger partial charge in [0.25, 0.3) is 0 Å². The zero-order valence-electron chi connectivity index (χ0n) is 11.9. The van der Waals surface area contributed by atoms with Crippen LogP contribution in [0.15, 0.2) is 77.9 Å². The highest BCUT2D eigenvalue weighted by Crippen LogP contribution is 2.15. The fourth-order valence-electron chi connectivity index (χ4n) is 2.27. The van der Waals surface area contributed by atoms with Gasteiger partial charge in [-0.05, 0) is 43.3 Å². The molecule has 0 unspecified atom stereocenters. The number of aryl methyl sites for hydroxylation is 1. The van der Waals surface area contributed by atoms with Crippen molar-refractivity contribution in [3.8, 4) is 5.69 Å². The van der Waals surface area contributed by atoms with Crippen molar-refractivity contribution in [2.75, 3.05) is 5.43 Å². The van der Waals surface area contributed by atoms with E-state index < -0.39 is 0 Å². The first-order valence-corrected chi connectivity index (χ1v) is 6.92. The van der Waals surface area contributed by atoms with Crippen molar-refractivity contribution in [3.63, 3.8) is 0 Å². The molecule has 0 aliphatic heterocycles. The van der Waals surface area contributed by atoms with E-state index in [1.165, 1.54) is 5.69 Å². The van der Waals surface area contributed by atoms with E-state index in [0.717, 1.165) is 17.1 Å². The molecular formula is C18H17N3. The lowest BCUT2D eigenvalue weighted by Crippen LogP contribution is -2.02. The van der Waals surface area contributed by atoms with Gasteiger partial charge >= 0.3 is 0 Å². The molecule has 1 heterocycles. The molecule has 0 aliphatic carbocycles. The summed E-state index contributed by atoms with van der Waals surface area (Å²) >= 11 is 0. The van der Waals surface area contributed by atoms with Crippen molar-refractivity contribution in [2.24, 2.45) is 5.10 Å². The van der Waals surface area contributed by atoms with Crippen molar-refractivity contribution < 1.29 is 0 Å². The van der Waals surface area contributed by atoms with Crippen molar-refractivity contribution in [3.05, 3.63) is 84.2 Å². The molecule has 21 heavy (non-hydrogen) atoms. The number of anilines is 1. The summed E-state index contributed by atoms with van der Waals surface area (Å²) in [5.41, 5.74) is 7.38. The maximum atomic E-state index is 4.32. The van der Waals surface area contributed by atoms with Crippen LogP contribution in [0.5, 0.6) is 0 Å². The Labute approximate surface area is 124 Å². The Morgan fingerprint density at radius 1 is 0.857 bits per heavy atom. The molecule has 2 aromatic carbocycles. The maximum Gasteiger partial charge on any atom is 0.0713 e. The van der Waals surface area contributed by atoms with Gasteiger partial charge in [-0.25, -0.2) is 0 Å². The number of benzene rings is 2. The molecule has 1 N–H and O–H groups in total. The Hall–Kier alpha value is -2.81. The van der Waals surface area contributed by atoms with Crippen LogP contribution in [0.3, 0.4) is 0 Å². The number of para-hydroxylation sites is 2. The number of hydrazone groups is 1. The second kappa shape index (κ2) is 6.09. The third-order valence-corrected chi connectivity index (χ3v) is 3.28. The molecule has 3 rings (SSSR count). The minimum atomic E-state index is 0.975. The highest BCUT2D eigenvalue weighted by atomic mass is 15.3. The highest BCUT2D eigenvalue weighted by Gasteiger charge is 2.04. The summed E-state index contributed by atoms with van der Waals surface area (Å²) in [5.74, 6) is 0. The van der Waals surface area contributed by atoms with E-state index in [0.29, 0.717) is 0 Å². The van der Waals surface area contributed by atoms with Crippen LogP contribution in [0.25, 0.3) is 5.69 Å². The SMILES string of the molecule is Cc1ccc(/C=N/Nc2ccccc2)n1-c1ccccc1. The summed E-state index contributed by atoms with van der Waals surface area (Å²) in [4.78, 5) is 0. The summed E-state index contributed by atoms with van der Waals surface area (Å²) in [6, 6.07) is 24.4. The summed E-state index contributed by atoms with van der Waals surface area (Å²) < 4.78 is 2.18. The van der Waals surface area contributed by atoms with Gasteiger partial charge in [0.2, 0.25) is 0 Å². The van der Waals surface area contributed by atoms with Crippen LogP contribution in [0.2, 0.25) is 0 Å². The molecule has 104 valence electrons. The van der Waals surface area contributed by atoms with E-state index in [2.05, 4.69) is 46.3 Å². The second-order valence-electron chi connectivity index (χ2n) is 4.81. The highest BCUT2D eigenvalue weighted by molar-refractivity contribution is 5.79. The summed E-state index contributed by atoms with van der Waals surface area (Å²) in [7, 11) is 0. The Bertz CT molecular complexity index is 728. The number of hydrogen-bond acceptors (Lipinski definition) is 2. The lowest BCUT2D eigenvalue weighted by molar-refractivity contribution is 1.00. The third kappa shape index (κ3) is 3.03. The zero-order valence-corrected chi connectivity index (χ0v) is 11.9. The smallest absolute Gasteiger partial charge is 0.0713 e. The Balaban J connectivity index is 1.84. The number of hydrogen-bond donors (Lipinski definition) is 1. The zero-order chi connectivity index (χ0) is 14.5. The van der Waals surface area contributed by atoms with Crippen LogP contribution in [0, 0.1) is 6.92 Å². The van der Waals surface area contributed by atoms with E-state index >= 15 is 0 Å². The van der Waals surface area contributed by atoms with Gasteiger partial charge in [-0.3, -0.25) is 5.43 Å². The van der Waals surface area contributed by atoms with Crippen LogP contribution >= 0.6 is 0 Å². The molecule has 3 heteroatoms. The first-order valence-electron chi connectivity index (χ1n) is 6.92. The molecular weight excluding hydrogens is 258 g/mol. The molecule has 0 atom stereocenters. The molecule has 0 saturated carbocycles. The minimum Gasteiger partial charge on any atom is -0.313 e. The van der Waals surface area contributed by atoms with Gasteiger partial charge in [0, 0.05) is 11.4 Å². The first kappa shape index (κ1) is 13.2. The van der Waals surface area contributed by atoms with Gasteiger partial charge in [-0.2, -0.15) is 5.10 Å². The van der Waals surface area contributed by atoms with E-state index in [1.54, 1.807) is 0 Å². The molecule has 3 nitrogen and oxygen atoms in total. The lowest BCUT2D eigenvalue weighted by atomic mass is 10.3. The van der Waals surface area contributed by atoms with E-state index in [-0.39, 0.29) is 0 Å². The largest absolute Gasteiger partial charge is 0.313 e. The molecule has 1 aromatic heterocycles. The minimum absolute atomic E-state index is 0.975. The average molecular weight is 275 g/mol. The summed E-state index contributed by atoms with van der Waals surface area (Å²) in [6.45, 7) is 2.09. The van der Waals surface area contributed by atoms with Crippen LogP contribution in [0.4, 0.5) is 5.69 Å². The van der Waals surface area contributed by atoms with Gasteiger partial charge < -0.3 is 4.57 Å². The van der Waals surface area contributed by atoms with Crippen molar-refractivity contribution >= 4 is 11.9 Å². The van der Waals surface area contributed by atoms with Gasteiger partial charge in [-0.15, -0.1) is 0 Å². The topological polar surface area (TPSA) is 29.3 Å². The van der Waals surface area contributed by atoms with Crippen molar-refractivity contribution in [1.29, 1.82) is 0 Å². The van der Waals surface area contributed by atoms with Gasteiger partial charge in [-0.1, -0.05) is 36.4 Å². The molecule has 0 radical (unpaired) electrons. The number of nitrogens with zero attached hydrogens (tertiary/aromatic N) is 2. The first-order chi connectivity index (χ1) is 10.3. The summed E-state index contributed by atoms with van der Waals surface area (Å²) in [5, 5.41) is 4.32. The molecule has 0 amide bonds. The monoisotopic (exact) mass is 275 g/mol. The van der Waals surface area contributed by atoms with Gasteiger partial charge in [0.15, 0.2) is 0 Å². The second-order valence-corrected chi connectivity index (χ2v) is 4.81. The molecule has 0 spiro atoms.